The standard InChI is InChI=1S/C10H10ClN3O/c1-7(15)13-4-2-3-8-5-9(11)6-14-10(8)12/h5-6H,4H2,1H3,(H2,12,14)(H,13,15). The van der Waals surface area contributed by atoms with Crippen molar-refractivity contribution in [1.82, 2.24) is 10.3 Å². The number of carbonyl (C=O) groups is 1. The van der Waals surface area contributed by atoms with Crippen molar-refractivity contribution in [2.75, 3.05) is 12.3 Å². The van der Waals surface area contributed by atoms with E-state index in [9.17, 15) is 4.79 Å². The van der Waals surface area contributed by atoms with Gasteiger partial charge in [-0.05, 0) is 6.07 Å². The number of carbonyl (C=O) groups excluding carboxylic acids is 1. The summed E-state index contributed by atoms with van der Waals surface area (Å²) in [5, 5.41) is 3.02. The van der Waals surface area contributed by atoms with E-state index < -0.39 is 0 Å². The predicted octanol–water partition coefficient (Wildman–Crippen LogP) is 0.805. The first-order valence-corrected chi connectivity index (χ1v) is 4.61. The van der Waals surface area contributed by atoms with E-state index in [0.717, 1.165) is 0 Å². The van der Waals surface area contributed by atoms with E-state index in [4.69, 9.17) is 17.3 Å². The highest BCUT2D eigenvalue weighted by molar-refractivity contribution is 6.30. The molecule has 4 nitrogen and oxygen atoms in total. The van der Waals surface area contributed by atoms with Gasteiger partial charge in [-0.15, -0.1) is 0 Å². The molecule has 1 amide bonds. The lowest BCUT2D eigenvalue weighted by Gasteiger charge is -1.97. The number of hydrogen-bond donors (Lipinski definition) is 2. The number of nitrogen functional groups attached to an aromatic ring is 1. The van der Waals surface area contributed by atoms with E-state index in [1.165, 1.54) is 13.1 Å². The van der Waals surface area contributed by atoms with E-state index in [1.54, 1.807) is 6.07 Å². The third-order valence-electron chi connectivity index (χ3n) is 1.53. The van der Waals surface area contributed by atoms with Crippen LogP contribution in [0.2, 0.25) is 5.02 Å². The minimum absolute atomic E-state index is 0.124. The van der Waals surface area contributed by atoms with Crippen LogP contribution in [0.4, 0.5) is 5.82 Å². The second-order valence-corrected chi connectivity index (χ2v) is 3.23. The Kier molecular flexibility index (Phi) is 3.95. The maximum Gasteiger partial charge on any atom is 0.217 e. The summed E-state index contributed by atoms with van der Waals surface area (Å²) in [6, 6.07) is 1.63. The fraction of sp³-hybridized carbons (Fsp3) is 0.200. The zero-order valence-electron chi connectivity index (χ0n) is 8.17. The molecule has 0 aliphatic rings. The number of pyridine rings is 1. The summed E-state index contributed by atoms with van der Waals surface area (Å²) in [6.45, 7) is 1.71. The lowest BCUT2D eigenvalue weighted by molar-refractivity contribution is -0.118. The van der Waals surface area contributed by atoms with Gasteiger partial charge in [-0.1, -0.05) is 23.4 Å². The van der Waals surface area contributed by atoms with Crippen LogP contribution in [0.5, 0.6) is 0 Å². The molecule has 1 rings (SSSR count). The van der Waals surface area contributed by atoms with Crippen molar-refractivity contribution in [2.24, 2.45) is 0 Å². The summed E-state index contributed by atoms with van der Waals surface area (Å²) in [7, 11) is 0. The number of rotatable bonds is 1. The molecular formula is C10H10ClN3O. The smallest absolute Gasteiger partial charge is 0.217 e. The van der Waals surface area contributed by atoms with Gasteiger partial charge < -0.3 is 11.1 Å². The van der Waals surface area contributed by atoms with Crippen molar-refractivity contribution in [2.45, 2.75) is 6.92 Å². The number of hydrogen-bond acceptors (Lipinski definition) is 3. The molecule has 1 heterocycles. The molecule has 0 saturated heterocycles. The largest absolute Gasteiger partial charge is 0.383 e. The quantitative estimate of drug-likeness (QED) is 0.693. The van der Waals surface area contributed by atoms with Gasteiger partial charge in [-0.2, -0.15) is 0 Å². The van der Waals surface area contributed by atoms with Crippen molar-refractivity contribution in [3.8, 4) is 11.8 Å². The van der Waals surface area contributed by atoms with E-state index >= 15 is 0 Å². The molecule has 1 aromatic heterocycles. The number of halogens is 1. The van der Waals surface area contributed by atoms with Gasteiger partial charge in [0.2, 0.25) is 5.91 Å². The van der Waals surface area contributed by atoms with Gasteiger partial charge in [0.15, 0.2) is 0 Å². The highest BCUT2D eigenvalue weighted by Crippen LogP contribution is 2.13. The molecule has 1 aromatic rings. The Balaban J connectivity index is 2.71. The van der Waals surface area contributed by atoms with Gasteiger partial charge in [-0.3, -0.25) is 4.79 Å². The summed E-state index contributed by atoms with van der Waals surface area (Å²) in [5.74, 6) is 5.72. The van der Waals surface area contributed by atoms with Gasteiger partial charge in [0.25, 0.3) is 0 Å². The molecule has 0 bridgehead atoms. The molecule has 0 unspecified atom stereocenters. The normalized spacial score (nSPS) is 8.93. The Labute approximate surface area is 92.8 Å². The minimum atomic E-state index is -0.124. The SMILES string of the molecule is CC(=O)NCC#Cc1cc(Cl)cnc1N. The van der Waals surface area contributed by atoms with Crippen LogP contribution >= 0.6 is 11.6 Å². The summed E-state index contributed by atoms with van der Waals surface area (Å²) >= 11 is 5.72. The molecule has 15 heavy (non-hydrogen) atoms. The van der Waals surface area contributed by atoms with Crippen molar-refractivity contribution in [3.05, 3.63) is 22.8 Å². The molecule has 0 saturated carbocycles. The van der Waals surface area contributed by atoms with Crippen LogP contribution in [0.25, 0.3) is 0 Å². The van der Waals surface area contributed by atoms with Crippen LogP contribution in [-0.2, 0) is 4.79 Å². The maximum absolute atomic E-state index is 10.5. The molecule has 0 radical (unpaired) electrons. The van der Waals surface area contributed by atoms with Crippen LogP contribution in [0.15, 0.2) is 12.3 Å². The fourth-order valence-electron chi connectivity index (χ4n) is 0.858. The van der Waals surface area contributed by atoms with Crippen LogP contribution in [0.3, 0.4) is 0 Å². The molecule has 0 aromatic carbocycles. The Morgan fingerprint density at radius 3 is 3.13 bits per heavy atom. The number of aromatic nitrogens is 1. The highest BCUT2D eigenvalue weighted by atomic mass is 35.5. The van der Waals surface area contributed by atoms with E-state index in [1.807, 2.05) is 0 Å². The monoisotopic (exact) mass is 223 g/mol. The summed E-state index contributed by atoms with van der Waals surface area (Å²) in [5.41, 5.74) is 6.13. The second kappa shape index (κ2) is 5.23. The fourth-order valence-corrected chi connectivity index (χ4v) is 1.02. The van der Waals surface area contributed by atoms with Crippen LogP contribution in [-0.4, -0.2) is 17.4 Å². The summed E-state index contributed by atoms with van der Waals surface area (Å²) in [6.07, 6.45) is 1.45. The number of anilines is 1. The Bertz CT molecular complexity index is 434. The van der Waals surface area contributed by atoms with Crippen LogP contribution < -0.4 is 11.1 Å². The molecule has 0 atom stereocenters. The number of nitrogens with one attached hydrogen (secondary N) is 1. The van der Waals surface area contributed by atoms with E-state index in [0.29, 0.717) is 16.4 Å². The first-order valence-electron chi connectivity index (χ1n) is 4.24. The molecule has 0 aliphatic heterocycles. The summed E-state index contributed by atoms with van der Waals surface area (Å²) < 4.78 is 0. The molecular weight excluding hydrogens is 214 g/mol. The predicted molar refractivity (Wildman–Crippen MR) is 59.2 cm³/mol. The Morgan fingerprint density at radius 2 is 2.47 bits per heavy atom. The van der Waals surface area contributed by atoms with Crippen molar-refractivity contribution >= 4 is 23.3 Å². The van der Waals surface area contributed by atoms with Gasteiger partial charge in [0.05, 0.1) is 17.1 Å². The zero-order valence-corrected chi connectivity index (χ0v) is 8.93. The maximum atomic E-state index is 10.5. The van der Waals surface area contributed by atoms with Crippen molar-refractivity contribution in [3.63, 3.8) is 0 Å². The minimum Gasteiger partial charge on any atom is -0.383 e. The van der Waals surface area contributed by atoms with Crippen LogP contribution in [0, 0.1) is 11.8 Å². The third kappa shape index (κ3) is 3.88. The van der Waals surface area contributed by atoms with Crippen molar-refractivity contribution < 1.29 is 4.79 Å². The Hall–Kier alpha value is -1.73. The molecule has 0 fully saturated rings. The number of nitrogens with two attached hydrogens (primary N) is 1. The topological polar surface area (TPSA) is 68.0 Å². The molecule has 0 spiro atoms. The lowest BCUT2D eigenvalue weighted by atomic mass is 10.2. The highest BCUT2D eigenvalue weighted by Gasteiger charge is 1.97. The second-order valence-electron chi connectivity index (χ2n) is 2.80. The molecule has 0 aliphatic carbocycles. The first kappa shape index (κ1) is 11.3. The van der Waals surface area contributed by atoms with E-state index in [-0.39, 0.29) is 12.5 Å². The first-order chi connectivity index (χ1) is 7.09. The van der Waals surface area contributed by atoms with Gasteiger partial charge in [-0.25, -0.2) is 4.98 Å². The zero-order chi connectivity index (χ0) is 11.3. The molecule has 5 heteroatoms. The van der Waals surface area contributed by atoms with Gasteiger partial charge in [0.1, 0.15) is 5.82 Å². The average Bonchev–Trinajstić information content (AvgIpc) is 2.17. The molecule has 3 N–H and O–H groups in total. The molecule has 78 valence electrons. The summed E-state index contributed by atoms with van der Waals surface area (Å²) in [4.78, 5) is 14.4. The van der Waals surface area contributed by atoms with Crippen molar-refractivity contribution in [1.29, 1.82) is 0 Å². The Morgan fingerprint density at radius 1 is 1.73 bits per heavy atom. The van der Waals surface area contributed by atoms with Crippen LogP contribution in [0.1, 0.15) is 12.5 Å². The number of nitrogens with zero attached hydrogens (tertiary/aromatic N) is 1. The lowest BCUT2D eigenvalue weighted by Crippen LogP contribution is -2.19. The number of amides is 1. The van der Waals surface area contributed by atoms with Gasteiger partial charge >= 0.3 is 0 Å². The van der Waals surface area contributed by atoms with Gasteiger partial charge in [0, 0.05) is 13.1 Å². The van der Waals surface area contributed by atoms with E-state index in [2.05, 4.69) is 22.1 Å². The third-order valence-corrected chi connectivity index (χ3v) is 1.74. The average molecular weight is 224 g/mol.